The van der Waals surface area contributed by atoms with E-state index in [1.807, 2.05) is 13.8 Å². The third-order valence-corrected chi connectivity index (χ3v) is 3.79. The van der Waals surface area contributed by atoms with Gasteiger partial charge in [0.05, 0.1) is 12.2 Å². The van der Waals surface area contributed by atoms with Crippen molar-refractivity contribution >= 4 is 0 Å². The molecule has 2 rings (SSSR count). The second-order valence-electron chi connectivity index (χ2n) is 5.66. The molecule has 0 amide bonds. The van der Waals surface area contributed by atoms with Gasteiger partial charge in [-0.2, -0.15) is 0 Å². The van der Waals surface area contributed by atoms with Crippen LogP contribution in [0.3, 0.4) is 0 Å². The summed E-state index contributed by atoms with van der Waals surface area (Å²) in [5.74, 6) is -7.04. The molecule has 0 radical (unpaired) electrons. The number of phenols is 3. The second kappa shape index (κ2) is 7.52. The molecule has 0 bridgehead atoms. The van der Waals surface area contributed by atoms with Crippen molar-refractivity contribution in [1.82, 2.24) is 4.90 Å². The Morgan fingerprint density at radius 2 is 1.46 bits per heavy atom. The number of aromatic hydroxyl groups is 3. The van der Waals surface area contributed by atoms with Gasteiger partial charge in [0, 0.05) is 18.7 Å². The van der Waals surface area contributed by atoms with Crippen molar-refractivity contribution in [3.63, 3.8) is 0 Å². The number of phenolic OH excluding ortho intramolecular Hbond substituents is 3. The first-order valence-electron chi connectivity index (χ1n) is 7.86. The number of hydrogen-bond acceptors (Lipinski definition) is 7. The molecule has 24 heavy (non-hydrogen) atoms. The van der Waals surface area contributed by atoms with Gasteiger partial charge >= 0.3 is 0 Å². The summed E-state index contributed by atoms with van der Waals surface area (Å²) < 4.78 is 19.8. The van der Waals surface area contributed by atoms with Crippen molar-refractivity contribution < 1.29 is 34.7 Å². The zero-order valence-electron chi connectivity index (χ0n) is 14.5. The average molecular weight is 347 g/mol. The molecule has 8 heteroatoms. The van der Waals surface area contributed by atoms with Crippen LogP contribution < -0.4 is 0 Å². The topological polar surface area (TPSA) is 114 Å². The van der Waals surface area contributed by atoms with E-state index in [1.54, 1.807) is 13.8 Å². The molecule has 0 spiro atoms. The Morgan fingerprint density at radius 3 is 1.92 bits per heavy atom. The first kappa shape index (κ1) is 20.4. The van der Waals surface area contributed by atoms with Gasteiger partial charge < -0.3 is 30.3 Å². The maximum absolute atomic E-state index is 14.3. The summed E-state index contributed by atoms with van der Waals surface area (Å²) in [6.07, 6.45) is -0.668. The average Bonchev–Trinajstić information content (AvgIpc) is 2.52. The quantitative estimate of drug-likeness (QED) is 0.407. The van der Waals surface area contributed by atoms with E-state index < -0.39 is 40.1 Å². The highest BCUT2D eigenvalue weighted by atomic mass is 19.1. The van der Waals surface area contributed by atoms with Crippen LogP contribution in [0.15, 0.2) is 0 Å². The van der Waals surface area contributed by atoms with Crippen LogP contribution in [0.1, 0.15) is 38.8 Å². The van der Waals surface area contributed by atoms with Gasteiger partial charge in [0.1, 0.15) is 11.4 Å². The molecule has 1 fully saturated rings. The number of halogens is 1. The minimum atomic E-state index is -2.86. The molecule has 138 valence electrons. The van der Waals surface area contributed by atoms with E-state index in [2.05, 4.69) is 0 Å². The minimum absolute atomic E-state index is 0.0803. The second-order valence-corrected chi connectivity index (χ2v) is 5.66. The fourth-order valence-electron chi connectivity index (χ4n) is 2.70. The molecule has 0 aromatic heterocycles. The van der Waals surface area contributed by atoms with Gasteiger partial charge in [-0.1, -0.05) is 13.8 Å². The Balaban J connectivity index is 0.00000139. The zero-order valence-corrected chi connectivity index (χ0v) is 14.5. The van der Waals surface area contributed by atoms with Gasteiger partial charge in [-0.3, -0.25) is 0 Å². The largest absolute Gasteiger partial charge is 0.504 e. The summed E-state index contributed by atoms with van der Waals surface area (Å²) >= 11 is 0. The number of ether oxygens (including phenoxy) is 1. The number of rotatable bonds is 2. The van der Waals surface area contributed by atoms with Gasteiger partial charge in [-0.15, -0.1) is 0 Å². The summed E-state index contributed by atoms with van der Waals surface area (Å²) in [6.45, 7) is 8.74. The van der Waals surface area contributed by atoms with Crippen LogP contribution in [0.5, 0.6) is 17.2 Å². The number of nitrogens with zero attached hydrogens (tertiary/aromatic N) is 1. The normalized spacial score (nSPS) is 22.0. The third-order valence-electron chi connectivity index (χ3n) is 3.79. The molecule has 5 N–H and O–H groups in total. The molecule has 1 heterocycles. The lowest BCUT2D eigenvalue weighted by molar-refractivity contribution is -0.300. The molecule has 1 saturated heterocycles. The summed E-state index contributed by atoms with van der Waals surface area (Å²) in [7, 11) is 0. The van der Waals surface area contributed by atoms with E-state index in [9.17, 15) is 29.9 Å². The maximum Gasteiger partial charge on any atom is 0.260 e. The summed E-state index contributed by atoms with van der Waals surface area (Å²) in [5.41, 5.74) is -1.30. The fraction of sp³-hybridized carbons (Fsp3) is 0.625. The predicted molar refractivity (Wildman–Crippen MR) is 85.2 cm³/mol. The lowest BCUT2D eigenvalue weighted by atomic mass is 10.0. The molecule has 7 nitrogen and oxygen atoms in total. The van der Waals surface area contributed by atoms with Crippen molar-refractivity contribution in [2.75, 3.05) is 13.1 Å². The van der Waals surface area contributed by atoms with E-state index in [0.29, 0.717) is 0 Å². The first-order valence-corrected chi connectivity index (χ1v) is 7.86. The van der Waals surface area contributed by atoms with Gasteiger partial charge in [-0.25, -0.2) is 9.29 Å². The summed E-state index contributed by atoms with van der Waals surface area (Å²) in [4.78, 5) is 1.12. The first-order chi connectivity index (χ1) is 11.1. The molecule has 1 aliphatic heterocycles. The van der Waals surface area contributed by atoms with Gasteiger partial charge in [0.25, 0.3) is 5.91 Å². The Morgan fingerprint density at radius 1 is 1.00 bits per heavy atom. The lowest BCUT2D eigenvalue weighted by Gasteiger charge is -2.42. The van der Waals surface area contributed by atoms with Crippen molar-refractivity contribution in [2.45, 2.75) is 52.7 Å². The summed E-state index contributed by atoms with van der Waals surface area (Å²) in [5, 5.41) is 49.7. The van der Waals surface area contributed by atoms with E-state index in [4.69, 9.17) is 4.74 Å². The molecule has 1 aliphatic rings. The molecule has 0 saturated carbocycles. The SMILES string of the molecule is CC.Cc1c(O)c(O)c(O)c(C(O)(O)N2CC(C)OC(C)C2)c1F. The Kier molecular flexibility index (Phi) is 6.40. The molecule has 2 atom stereocenters. The van der Waals surface area contributed by atoms with Crippen molar-refractivity contribution in [1.29, 1.82) is 0 Å². The lowest BCUT2D eigenvalue weighted by Crippen LogP contribution is -2.56. The summed E-state index contributed by atoms with van der Waals surface area (Å²) in [6, 6.07) is 0. The van der Waals surface area contributed by atoms with E-state index >= 15 is 0 Å². The van der Waals surface area contributed by atoms with E-state index in [1.165, 1.54) is 0 Å². The molecule has 2 unspecified atom stereocenters. The fourth-order valence-corrected chi connectivity index (χ4v) is 2.70. The van der Waals surface area contributed by atoms with Gasteiger partial charge in [0.15, 0.2) is 11.5 Å². The van der Waals surface area contributed by atoms with Crippen LogP contribution in [0.2, 0.25) is 0 Å². The number of morpholine rings is 1. The van der Waals surface area contributed by atoms with Crippen molar-refractivity contribution in [3.05, 3.63) is 16.9 Å². The maximum atomic E-state index is 14.3. The number of aliphatic hydroxyl groups is 2. The minimum Gasteiger partial charge on any atom is -0.504 e. The van der Waals surface area contributed by atoms with Crippen molar-refractivity contribution in [3.8, 4) is 17.2 Å². The van der Waals surface area contributed by atoms with Crippen molar-refractivity contribution in [2.24, 2.45) is 0 Å². The van der Waals surface area contributed by atoms with Crippen LogP contribution in [0, 0.1) is 12.7 Å². The Labute approximate surface area is 140 Å². The number of hydrogen-bond donors (Lipinski definition) is 5. The predicted octanol–water partition coefficient (Wildman–Crippen LogP) is 1.48. The van der Waals surface area contributed by atoms with Gasteiger partial charge in [0.2, 0.25) is 5.75 Å². The van der Waals surface area contributed by atoms with Crippen LogP contribution in [-0.4, -0.2) is 55.7 Å². The Hall–Kier alpha value is -1.61. The van der Waals surface area contributed by atoms with E-state index in [-0.39, 0.29) is 25.3 Å². The zero-order chi connectivity index (χ0) is 18.8. The van der Waals surface area contributed by atoms with Crippen LogP contribution in [-0.2, 0) is 10.6 Å². The highest BCUT2D eigenvalue weighted by Gasteiger charge is 2.44. The molecule has 0 aliphatic carbocycles. The molecule has 1 aromatic carbocycles. The molecule has 1 aromatic rings. The standard InChI is InChI=1S/C14H20FNO6.C2H6/c1-6-4-16(5-7(2)22-6)14(20,21)9-10(15)8(3)11(17)13(19)12(9)18;1-2/h6-7,17-21H,4-5H2,1-3H3;1-2H3. The molecular formula is C16H26FNO6. The van der Waals surface area contributed by atoms with E-state index in [0.717, 1.165) is 11.8 Å². The molecular weight excluding hydrogens is 321 g/mol. The smallest absolute Gasteiger partial charge is 0.260 e. The number of benzene rings is 1. The monoisotopic (exact) mass is 347 g/mol. The third kappa shape index (κ3) is 3.56. The Bertz CT molecular complexity index is 553. The van der Waals surface area contributed by atoms with Gasteiger partial charge in [-0.05, 0) is 20.8 Å². The van der Waals surface area contributed by atoms with Crippen LogP contribution in [0.4, 0.5) is 4.39 Å². The van der Waals surface area contributed by atoms with Crippen LogP contribution >= 0.6 is 0 Å². The van der Waals surface area contributed by atoms with Crippen LogP contribution in [0.25, 0.3) is 0 Å². The highest BCUT2D eigenvalue weighted by molar-refractivity contribution is 5.59. The highest BCUT2D eigenvalue weighted by Crippen LogP contribution is 2.46.